The zero-order chi connectivity index (χ0) is 23.8. The summed E-state index contributed by atoms with van der Waals surface area (Å²) >= 11 is 0. The van der Waals surface area contributed by atoms with Gasteiger partial charge in [0, 0.05) is 11.1 Å². The maximum Gasteiger partial charge on any atom is 0.271 e. The zero-order valence-electron chi connectivity index (χ0n) is 17.1. The van der Waals surface area contributed by atoms with E-state index in [1.165, 1.54) is 0 Å². The summed E-state index contributed by atoms with van der Waals surface area (Å²) in [6, 6.07) is 18.2. The van der Waals surface area contributed by atoms with Gasteiger partial charge in [-0.05, 0) is 22.8 Å². The predicted molar refractivity (Wildman–Crippen MR) is 120 cm³/mol. The number of aromatic nitrogens is 4. The Kier molecular flexibility index (Phi) is 4.48. The van der Waals surface area contributed by atoms with Gasteiger partial charge in [-0.3, -0.25) is 0 Å². The van der Waals surface area contributed by atoms with Crippen molar-refractivity contribution in [3.63, 3.8) is 0 Å². The molecule has 0 atom stereocenters. The summed E-state index contributed by atoms with van der Waals surface area (Å²) < 4.78 is 0. The van der Waals surface area contributed by atoms with Crippen molar-refractivity contribution in [1.29, 1.82) is 15.8 Å². The van der Waals surface area contributed by atoms with Crippen LogP contribution in [-0.2, 0) is 0 Å². The van der Waals surface area contributed by atoms with Crippen molar-refractivity contribution in [1.82, 2.24) is 19.9 Å². The number of hydrogen-bond donors (Lipinski definition) is 0. The first-order valence-electron chi connectivity index (χ1n) is 9.66. The largest absolute Gasteiger partial charge is 0.271 e. The van der Waals surface area contributed by atoms with Gasteiger partial charge in [0.1, 0.15) is 12.1 Å². The van der Waals surface area contributed by atoms with E-state index in [0.717, 1.165) is 11.1 Å². The molecule has 0 spiro atoms. The number of nitriles is 3. The van der Waals surface area contributed by atoms with Gasteiger partial charge < -0.3 is 0 Å². The lowest BCUT2D eigenvalue weighted by Gasteiger charge is -2.07. The highest BCUT2D eigenvalue weighted by Gasteiger charge is 2.31. The molecule has 1 aliphatic carbocycles. The van der Waals surface area contributed by atoms with E-state index in [2.05, 4.69) is 29.6 Å². The number of allylic oxidation sites excluding steroid dienone is 1. The Morgan fingerprint density at radius 3 is 1.91 bits per heavy atom. The molecular weight excluding hydrogens is 426 g/mol. The minimum absolute atomic E-state index is 0.0387. The highest BCUT2D eigenvalue weighted by Crippen LogP contribution is 2.45. The molecule has 0 saturated heterocycles. The van der Waals surface area contributed by atoms with Crippen LogP contribution in [-0.4, -0.2) is 19.9 Å². The van der Waals surface area contributed by atoms with Gasteiger partial charge in [-0.25, -0.2) is 34.9 Å². The van der Waals surface area contributed by atoms with E-state index < -0.39 is 0 Å². The molecule has 0 radical (unpaired) electrons. The highest BCUT2D eigenvalue weighted by atomic mass is 15.0. The Hall–Kier alpha value is -5.95. The second kappa shape index (κ2) is 7.63. The molecule has 34 heavy (non-hydrogen) atoms. The first-order chi connectivity index (χ1) is 16.6. The van der Waals surface area contributed by atoms with E-state index >= 15 is 0 Å². The van der Waals surface area contributed by atoms with Crippen LogP contribution in [0.5, 0.6) is 0 Å². The van der Waals surface area contributed by atoms with Gasteiger partial charge in [-0.1, -0.05) is 36.4 Å². The van der Waals surface area contributed by atoms with Crippen LogP contribution in [0.4, 0.5) is 5.69 Å². The molecular formula is C25H7N9. The molecule has 9 heteroatoms. The standard InChI is InChI=1S/C25H7N9/c1-29-15-6-3-13(4-7-15)14-5-8-16-17(9-14)21(20(12-28)30-2)23-22(16)33-24-25(34-23)32-19(11-27)18(10-26)31-24/h3-9H/b21-20+. The normalized spacial score (nSPS) is 12.3. The fourth-order valence-corrected chi connectivity index (χ4v) is 3.77. The van der Waals surface area contributed by atoms with E-state index in [0.29, 0.717) is 33.8 Å². The van der Waals surface area contributed by atoms with Crippen molar-refractivity contribution < 1.29 is 0 Å². The second-order valence-corrected chi connectivity index (χ2v) is 7.08. The quantitative estimate of drug-likeness (QED) is 0.279. The first-order valence-corrected chi connectivity index (χ1v) is 9.66. The Morgan fingerprint density at radius 2 is 1.35 bits per heavy atom. The summed E-state index contributed by atoms with van der Waals surface area (Å²) in [4.78, 5) is 24.0. The zero-order valence-corrected chi connectivity index (χ0v) is 17.1. The van der Waals surface area contributed by atoms with Crippen LogP contribution in [0.1, 0.15) is 22.6 Å². The van der Waals surface area contributed by atoms with Crippen LogP contribution < -0.4 is 0 Å². The summed E-state index contributed by atoms with van der Waals surface area (Å²) in [5, 5.41) is 28.2. The van der Waals surface area contributed by atoms with Gasteiger partial charge >= 0.3 is 0 Å². The molecule has 4 aromatic rings. The third kappa shape index (κ3) is 2.90. The lowest BCUT2D eigenvalue weighted by atomic mass is 9.97. The molecule has 1 aliphatic rings. The van der Waals surface area contributed by atoms with E-state index in [4.69, 9.17) is 13.1 Å². The van der Waals surface area contributed by atoms with Crippen molar-refractivity contribution in [3.05, 3.63) is 93.6 Å². The van der Waals surface area contributed by atoms with Gasteiger partial charge in [0.15, 0.2) is 28.4 Å². The molecule has 2 aromatic carbocycles. The summed E-state index contributed by atoms with van der Waals surface area (Å²) in [5.41, 5.74) is 4.11. The fourth-order valence-electron chi connectivity index (χ4n) is 3.77. The molecule has 0 bridgehead atoms. The van der Waals surface area contributed by atoms with Crippen molar-refractivity contribution in [2.45, 2.75) is 0 Å². The Morgan fingerprint density at radius 1 is 0.735 bits per heavy atom. The number of nitrogens with zero attached hydrogens (tertiary/aromatic N) is 9. The van der Waals surface area contributed by atoms with E-state index in [9.17, 15) is 15.8 Å². The second-order valence-electron chi connectivity index (χ2n) is 7.08. The summed E-state index contributed by atoms with van der Waals surface area (Å²) in [7, 11) is 0. The number of hydrogen-bond acceptors (Lipinski definition) is 7. The molecule has 5 rings (SSSR count). The van der Waals surface area contributed by atoms with Crippen LogP contribution in [0, 0.1) is 47.1 Å². The Labute approximate surface area is 192 Å². The number of benzene rings is 2. The van der Waals surface area contributed by atoms with Gasteiger partial charge in [0.25, 0.3) is 5.70 Å². The monoisotopic (exact) mass is 433 g/mol. The van der Waals surface area contributed by atoms with Crippen LogP contribution in [0.3, 0.4) is 0 Å². The first kappa shape index (κ1) is 20.0. The van der Waals surface area contributed by atoms with E-state index in [1.54, 1.807) is 12.1 Å². The molecule has 0 N–H and O–H groups in total. The molecule has 0 saturated carbocycles. The average molecular weight is 433 g/mol. The van der Waals surface area contributed by atoms with Crippen LogP contribution in [0.15, 0.2) is 48.2 Å². The van der Waals surface area contributed by atoms with Gasteiger partial charge in [-0.15, -0.1) is 0 Å². The lowest BCUT2D eigenvalue weighted by molar-refractivity contribution is 1.11. The van der Waals surface area contributed by atoms with E-state index in [-0.39, 0.29) is 28.4 Å². The maximum absolute atomic E-state index is 9.64. The van der Waals surface area contributed by atoms with Crippen molar-refractivity contribution in [2.24, 2.45) is 0 Å². The molecule has 0 unspecified atom stereocenters. The van der Waals surface area contributed by atoms with Gasteiger partial charge in [0.05, 0.1) is 30.6 Å². The third-order valence-electron chi connectivity index (χ3n) is 5.30. The smallest absolute Gasteiger partial charge is 0.238 e. The van der Waals surface area contributed by atoms with Crippen molar-refractivity contribution >= 4 is 22.6 Å². The third-order valence-corrected chi connectivity index (χ3v) is 5.30. The lowest BCUT2D eigenvalue weighted by Crippen LogP contribution is -2.02. The Balaban J connectivity index is 1.80. The van der Waals surface area contributed by atoms with Crippen LogP contribution in [0.25, 0.3) is 48.9 Å². The fraction of sp³-hybridized carbons (Fsp3) is 0. The molecule has 2 heterocycles. The predicted octanol–water partition coefficient (Wildman–Crippen LogP) is 4.56. The maximum atomic E-state index is 9.64. The van der Waals surface area contributed by atoms with Crippen molar-refractivity contribution in [2.75, 3.05) is 0 Å². The Bertz CT molecular complexity index is 1780. The summed E-state index contributed by atoms with van der Waals surface area (Å²) in [6.45, 7) is 14.6. The van der Waals surface area contributed by atoms with Crippen LogP contribution in [0.2, 0.25) is 0 Å². The molecule has 0 fully saturated rings. The van der Waals surface area contributed by atoms with Crippen LogP contribution >= 0.6 is 0 Å². The molecule has 9 nitrogen and oxygen atoms in total. The van der Waals surface area contributed by atoms with Crippen molar-refractivity contribution in [3.8, 4) is 40.6 Å². The summed E-state index contributed by atoms with van der Waals surface area (Å²) in [6.07, 6.45) is 0. The molecule has 152 valence electrons. The molecule has 0 aliphatic heterocycles. The average Bonchev–Trinajstić information content (AvgIpc) is 3.19. The van der Waals surface area contributed by atoms with Gasteiger partial charge in [-0.2, -0.15) is 10.5 Å². The number of fused-ring (bicyclic) bond motifs is 4. The number of rotatable bonds is 1. The molecule has 0 amide bonds. The van der Waals surface area contributed by atoms with Gasteiger partial charge in [0.2, 0.25) is 0 Å². The minimum atomic E-state index is -0.180. The summed E-state index contributed by atoms with van der Waals surface area (Å²) in [5.74, 6) is 0. The SMILES string of the molecule is [C-]#[N+]/C(C#N)=C1\c2cc(-c3ccc([N+]#[C-])cc3)ccc2-c2nc3nc(C#N)c(C#N)nc3nc21. The minimum Gasteiger partial charge on any atom is -0.238 e. The highest BCUT2D eigenvalue weighted by molar-refractivity contribution is 6.03. The van der Waals surface area contributed by atoms with E-state index in [1.807, 2.05) is 48.5 Å². The topological polar surface area (TPSA) is 132 Å². The molecule has 2 aromatic heterocycles.